The van der Waals surface area contributed by atoms with E-state index in [1.54, 1.807) is 0 Å². The molecule has 0 spiro atoms. The van der Waals surface area contributed by atoms with Gasteiger partial charge in [-0.1, -0.05) is 72.8 Å². The van der Waals surface area contributed by atoms with Crippen molar-refractivity contribution in [2.75, 3.05) is 0 Å². The lowest BCUT2D eigenvalue weighted by Gasteiger charge is -2.19. The Morgan fingerprint density at radius 3 is 1.19 bits per heavy atom. The van der Waals surface area contributed by atoms with Gasteiger partial charge < -0.3 is 10.4 Å². The predicted octanol–water partition coefficient (Wildman–Crippen LogP) is 5.84. The maximum absolute atomic E-state index is 13.6. The van der Waals surface area contributed by atoms with Gasteiger partial charge in [0.2, 0.25) is 22.8 Å². The molecule has 2 aliphatic rings. The van der Waals surface area contributed by atoms with E-state index in [9.17, 15) is 10.4 Å². The van der Waals surface area contributed by atoms with Crippen LogP contribution >= 0.6 is 0 Å². The number of rotatable bonds is 3. The smallest absolute Gasteiger partial charge is 0.220 e. The molecule has 0 radical (unpaired) electrons. The van der Waals surface area contributed by atoms with Gasteiger partial charge in [-0.05, 0) is 24.3 Å². The minimum absolute atomic E-state index is 0.276. The Morgan fingerprint density at radius 2 is 0.781 bits per heavy atom. The van der Waals surface area contributed by atoms with Crippen LogP contribution in [0.15, 0.2) is 109 Å². The van der Waals surface area contributed by atoms with Crippen molar-refractivity contribution in [1.29, 1.82) is 0 Å². The molecule has 2 atom stereocenters. The van der Waals surface area contributed by atoms with Crippen LogP contribution in [0.4, 0.5) is 11.4 Å². The molecule has 2 aliphatic heterocycles. The van der Waals surface area contributed by atoms with Gasteiger partial charge in [0.25, 0.3) is 0 Å². The summed E-state index contributed by atoms with van der Waals surface area (Å²) < 4.78 is 2.10. The van der Waals surface area contributed by atoms with Crippen molar-refractivity contribution in [2.45, 2.75) is 11.8 Å². The molecule has 0 bridgehead atoms. The first-order chi connectivity index (χ1) is 15.8. The van der Waals surface area contributed by atoms with E-state index in [-0.39, 0.29) is 11.8 Å². The number of para-hydroxylation sites is 2. The topological polar surface area (TPSA) is 52.1 Å². The first-order valence-electron chi connectivity index (χ1n) is 10.7. The zero-order valence-corrected chi connectivity index (χ0v) is 17.3. The molecular formula is C28H20N2O2. The van der Waals surface area contributed by atoms with E-state index in [0.29, 0.717) is 22.8 Å². The summed E-state index contributed by atoms with van der Waals surface area (Å²) in [6.45, 7) is 0. The van der Waals surface area contributed by atoms with E-state index in [1.165, 1.54) is 0 Å². The van der Waals surface area contributed by atoms with Crippen molar-refractivity contribution >= 4 is 22.8 Å². The monoisotopic (exact) mass is 416 g/mol. The van der Waals surface area contributed by atoms with Gasteiger partial charge in [0.05, 0.1) is 11.8 Å². The van der Waals surface area contributed by atoms with Crippen LogP contribution in [-0.4, -0.2) is 20.9 Å². The maximum Gasteiger partial charge on any atom is 0.220 e. The Kier molecular flexibility index (Phi) is 4.18. The molecule has 4 aromatic rings. The summed E-state index contributed by atoms with van der Waals surface area (Å²) in [7, 11) is 0. The van der Waals surface area contributed by atoms with E-state index in [2.05, 4.69) is 0 Å². The van der Waals surface area contributed by atoms with Crippen molar-refractivity contribution < 1.29 is 9.48 Å². The Morgan fingerprint density at radius 1 is 0.438 bits per heavy atom. The number of hydrogen-bond acceptors (Lipinski definition) is 2. The molecular weight excluding hydrogens is 396 g/mol. The Bertz CT molecular complexity index is 1280. The van der Waals surface area contributed by atoms with E-state index in [0.717, 1.165) is 31.7 Å². The quantitative estimate of drug-likeness (QED) is 0.311. The summed E-state index contributed by atoms with van der Waals surface area (Å²) in [5.41, 5.74) is 6.28. The number of nitrogens with zero attached hydrogens (tertiary/aromatic N) is 2. The van der Waals surface area contributed by atoms with E-state index < -0.39 is 0 Å². The molecule has 0 N–H and O–H groups in total. The summed E-state index contributed by atoms with van der Waals surface area (Å²) in [5, 5.41) is 27.2. The predicted molar refractivity (Wildman–Crippen MR) is 126 cm³/mol. The molecule has 154 valence electrons. The van der Waals surface area contributed by atoms with Gasteiger partial charge in [-0.15, -0.1) is 0 Å². The molecule has 4 heteroatoms. The molecule has 0 amide bonds. The second-order valence-electron chi connectivity index (χ2n) is 8.16. The van der Waals surface area contributed by atoms with Crippen molar-refractivity contribution in [3.8, 4) is 0 Å². The fraction of sp³-hybridized carbons (Fsp3) is 0.0714. The number of benzene rings is 4. The summed E-state index contributed by atoms with van der Waals surface area (Å²) in [4.78, 5) is 0. The zero-order chi connectivity index (χ0) is 21.7. The molecule has 0 saturated heterocycles. The van der Waals surface area contributed by atoms with Crippen LogP contribution in [0.25, 0.3) is 0 Å². The molecule has 6 rings (SSSR count). The Balaban J connectivity index is 1.64. The van der Waals surface area contributed by atoms with Crippen LogP contribution < -0.4 is 0 Å². The fourth-order valence-corrected chi connectivity index (χ4v) is 5.16. The van der Waals surface area contributed by atoms with E-state index in [1.807, 2.05) is 109 Å². The van der Waals surface area contributed by atoms with Crippen LogP contribution in [0.1, 0.15) is 34.1 Å². The average Bonchev–Trinajstić information content (AvgIpc) is 3.31. The van der Waals surface area contributed by atoms with Crippen molar-refractivity contribution in [3.05, 3.63) is 142 Å². The molecule has 32 heavy (non-hydrogen) atoms. The highest BCUT2D eigenvalue weighted by molar-refractivity contribution is 6.13. The third kappa shape index (κ3) is 2.63. The van der Waals surface area contributed by atoms with Crippen LogP contribution in [-0.2, 0) is 0 Å². The highest BCUT2D eigenvalue weighted by Crippen LogP contribution is 2.50. The maximum atomic E-state index is 13.6. The lowest BCUT2D eigenvalue weighted by molar-refractivity contribution is -0.358. The molecule has 2 unspecified atom stereocenters. The molecule has 0 aliphatic carbocycles. The summed E-state index contributed by atoms with van der Waals surface area (Å²) >= 11 is 0. The normalized spacial score (nSPS) is 19.2. The molecule has 0 saturated carbocycles. The van der Waals surface area contributed by atoms with Crippen LogP contribution in [0.3, 0.4) is 0 Å². The van der Waals surface area contributed by atoms with Crippen LogP contribution in [0, 0.1) is 10.4 Å². The largest absolute Gasteiger partial charge is 0.618 e. The lowest BCUT2D eigenvalue weighted by Crippen LogP contribution is -2.27. The van der Waals surface area contributed by atoms with Gasteiger partial charge in [0.15, 0.2) is 0 Å². The molecule has 0 aromatic heterocycles. The zero-order valence-electron chi connectivity index (χ0n) is 17.3. The van der Waals surface area contributed by atoms with Gasteiger partial charge >= 0.3 is 0 Å². The Hall–Kier alpha value is -4.18. The molecule has 0 fully saturated rings. The second kappa shape index (κ2) is 7.20. The van der Waals surface area contributed by atoms with Crippen LogP contribution in [0.2, 0.25) is 0 Å². The first kappa shape index (κ1) is 18.6. The average molecular weight is 416 g/mol. The van der Waals surface area contributed by atoms with Crippen LogP contribution in [0.5, 0.6) is 0 Å². The highest BCUT2D eigenvalue weighted by atomic mass is 16.5. The number of fused-ring (bicyclic) bond motifs is 2. The Labute approximate surface area is 186 Å². The SMILES string of the molecule is [O-][N+]1=C(c2ccccc2)C(C2C(c3ccccc3)=[N+]([O-])c3ccccc32)c2ccccc21. The summed E-state index contributed by atoms with van der Waals surface area (Å²) in [6.07, 6.45) is 0. The lowest BCUT2D eigenvalue weighted by atomic mass is 9.75. The highest BCUT2D eigenvalue weighted by Gasteiger charge is 2.51. The molecule has 2 heterocycles. The second-order valence-corrected chi connectivity index (χ2v) is 8.16. The van der Waals surface area contributed by atoms with Crippen molar-refractivity contribution in [3.63, 3.8) is 0 Å². The minimum Gasteiger partial charge on any atom is -0.618 e. The fourth-order valence-electron chi connectivity index (χ4n) is 5.16. The van der Waals surface area contributed by atoms with Crippen molar-refractivity contribution in [1.82, 2.24) is 0 Å². The van der Waals surface area contributed by atoms with Gasteiger partial charge in [0.1, 0.15) is 0 Å². The first-order valence-corrected chi connectivity index (χ1v) is 10.7. The molecule has 4 nitrogen and oxygen atoms in total. The minimum atomic E-state index is -0.276. The van der Waals surface area contributed by atoms with Gasteiger partial charge in [-0.2, -0.15) is 9.48 Å². The third-order valence-electron chi connectivity index (χ3n) is 6.48. The van der Waals surface area contributed by atoms with Gasteiger partial charge in [-0.3, -0.25) is 0 Å². The molecule has 4 aromatic carbocycles. The number of hydrogen-bond donors (Lipinski definition) is 0. The third-order valence-corrected chi connectivity index (χ3v) is 6.48. The van der Waals surface area contributed by atoms with Gasteiger partial charge in [-0.25, -0.2) is 0 Å². The van der Waals surface area contributed by atoms with E-state index in [4.69, 9.17) is 0 Å². The van der Waals surface area contributed by atoms with E-state index >= 15 is 0 Å². The standard InChI is InChI=1S/C28H20N2O2/c31-29-23-17-9-7-15-21(23)25(27(29)19-11-3-1-4-12-19)26-22-16-8-10-18-24(22)30(32)28(26)20-13-5-2-6-14-20/h1-18,25-26H. The summed E-state index contributed by atoms with van der Waals surface area (Å²) in [5.74, 6) is -0.553. The van der Waals surface area contributed by atoms with Gasteiger partial charge in [0, 0.05) is 34.4 Å². The summed E-state index contributed by atoms with van der Waals surface area (Å²) in [6, 6.07) is 35.0. The van der Waals surface area contributed by atoms with Crippen molar-refractivity contribution in [2.24, 2.45) is 0 Å².